The minimum atomic E-state index is -0.928. The fraction of sp³-hybridized carbons (Fsp3) is 0.182. The predicted octanol–water partition coefficient (Wildman–Crippen LogP) is 1.91. The minimum Gasteiger partial charge on any atom is -0.481 e. The highest BCUT2D eigenvalue weighted by atomic mass is 16.4. The van der Waals surface area contributed by atoms with Crippen molar-refractivity contribution in [2.45, 2.75) is 12.5 Å². The molecule has 0 aliphatic heterocycles. The van der Waals surface area contributed by atoms with Gasteiger partial charge in [-0.25, -0.2) is 0 Å². The van der Waals surface area contributed by atoms with E-state index in [0.717, 1.165) is 11.0 Å². The average molecular weight is 205 g/mol. The number of furan rings is 1. The molecular formula is C11H11NO3. The van der Waals surface area contributed by atoms with E-state index in [9.17, 15) is 4.79 Å². The number of carboxylic acids is 1. The Morgan fingerprint density at radius 3 is 2.87 bits per heavy atom. The molecule has 78 valence electrons. The third-order valence-corrected chi connectivity index (χ3v) is 2.20. The highest BCUT2D eigenvalue weighted by molar-refractivity contribution is 5.78. The van der Waals surface area contributed by atoms with Crippen LogP contribution in [0.15, 0.2) is 34.7 Å². The Bertz CT molecular complexity index is 456. The summed E-state index contributed by atoms with van der Waals surface area (Å²) < 4.78 is 5.44. The quantitative estimate of drug-likeness (QED) is 0.802. The maximum atomic E-state index is 10.5. The van der Waals surface area contributed by atoms with Crippen molar-refractivity contribution in [3.05, 3.63) is 36.1 Å². The number of aliphatic carboxylic acids is 1. The summed E-state index contributed by atoms with van der Waals surface area (Å²) in [6.45, 7) is 0. The number of carbonyl (C=O) groups is 1. The minimum absolute atomic E-state index is 0.125. The van der Waals surface area contributed by atoms with Gasteiger partial charge in [-0.05, 0) is 12.1 Å². The van der Waals surface area contributed by atoms with E-state index < -0.39 is 12.0 Å². The Morgan fingerprint density at radius 1 is 1.47 bits per heavy atom. The van der Waals surface area contributed by atoms with E-state index >= 15 is 0 Å². The molecule has 0 spiro atoms. The predicted molar refractivity (Wildman–Crippen MR) is 55.4 cm³/mol. The topological polar surface area (TPSA) is 76.5 Å². The van der Waals surface area contributed by atoms with Crippen LogP contribution in [0.2, 0.25) is 0 Å². The molecule has 1 aromatic heterocycles. The molecule has 3 N–H and O–H groups in total. The smallest absolute Gasteiger partial charge is 0.305 e. The SMILES string of the molecule is N[C@@H](CC(=O)O)c1cc2ccccc2o1. The van der Waals surface area contributed by atoms with E-state index in [-0.39, 0.29) is 6.42 Å². The molecule has 0 amide bonds. The number of para-hydroxylation sites is 1. The maximum absolute atomic E-state index is 10.5. The van der Waals surface area contributed by atoms with Crippen LogP contribution in [-0.4, -0.2) is 11.1 Å². The summed E-state index contributed by atoms with van der Waals surface area (Å²) in [4.78, 5) is 10.5. The van der Waals surface area contributed by atoms with Gasteiger partial charge in [0.15, 0.2) is 0 Å². The van der Waals surface area contributed by atoms with Crippen molar-refractivity contribution < 1.29 is 14.3 Å². The van der Waals surface area contributed by atoms with Crippen LogP contribution in [0.3, 0.4) is 0 Å². The number of carboxylic acid groups (broad SMARTS) is 1. The molecule has 0 aliphatic rings. The van der Waals surface area contributed by atoms with Crippen LogP contribution in [0.5, 0.6) is 0 Å². The number of hydrogen-bond acceptors (Lipinski definition) is 3. The molecule has 0 fully saturated rings. The zero-order valence-electron chi connectivity index (χ0n) is 8.01. The van der Waals surface area contributed by atoms with Crippen molar-refractivity contribution in [1.82, 2.24) is 0 Å². The molecule has 0 bridgehead atoms. The maximum Gasteiger partial charge on any atom is 0.305 e. The van der Waals surface area contributed by atoms with E-state index in [1.54, 1.807) is 6.07 Å². The molecule has 1 atom stereocenters. The second-order valence-electron chi connectivity index (χ2n) is 3.39. The summed E-state index contributed by atoms with van der Waals surface area (Å²) in [6.07, 6.45) is -0.125. The van der Waals surface area contributed by atoms with Crippen molar-refractivity contribution in [2.24, 2.45) is 5.73 Å². The second-order valence-corrected chi connectivity index (χ2v) is 3.39. The zero-order valence-corrected chi connectivity index (χ0v) is 8.01. The molecule has 15 heavy (non-hydrogen) atoms. The summed E-state index contributed by atoms with van der Waals surface area (Å²) in [5, 5.41) is 9.54. The third-order valence-electron chi connectivity index (χ3n) is 2.20. The van der Waals surface area contributed by atoms with Crippen LogP contribution in [0.25, 0.3) is 11.0 Å². The molecule has 0 aliphatic carbocycles. The van der Waals surface area contributed by atoms with Gasteiger partial charge in [0.2, 0.25) is 0 Å². The van der Waals surface area contributed by atoms with Gasteiger partial charge in [0, 0.05) is 5.39 Å². The molecule has 1 aromatic carbocycles. The van der Waals surface area contributed by atoms with Gasteiger partial charge in [-0.3, -0.25) is 4.79 Å². The Kier molecular flexibility index (Phi) is 2.43. The van der Waals surface area contributed by atoms with E-state index in [1.165, 1.54) is 0 Å². The van der Waals surface area contributed by atoms with Crippen LogP contribution < -0.4 is 5.73 Å². The molecule has 0 saturated heterocycles. The van der Waals surface area contributed by atoms with Gasteiger partial charge in [-0.1, -0.05) is 18.2 Å². The van der Waals surface area contributed by atoms with Crippen LogP contribution in [-0.2, 0) is 4.79 Å². The van der Waals surface area contributed by atoms with E-state index in [0.29, 0.717) is 5.76 Å². The molecule has 2 aromatic rings. The lowest BCUT2D eigenvalue weighted by Crippen LogP contribution is -2.14. The Labute approximate surface area is 86.3 Å². The first-order chi connectivity index (χ1) is 7.16. The van der Waals surface area contributed by atoms with Crippen LogP contribution >= 0.6 is 0 Å². The Balaban J connectivity index is 2.32. The normalized spacial score (nSPS) is 12.9. The molecule has 4 nitrogen and oxygen atoms in total. The number of fused-ring (bicyclic) bond motifs is 1. The van der Waals surface area contributed by atoms with Gasteiger partial charge >= 0.3 is 5.97 Å². The fourth-order valence-corrected chi connectivity index (χ4v) is 1.47. The van der Waals surface area contributed by atoms with Gasteiger partial charge in [-0.2, -0.15) is 0 Å². The Hall–Kier alpha value is -1.81. The van der Waals surface area contributed by atoms with E-state index in [4.69, 9.17) is 15.3 Å². The molecule has 1 heterocycles. The number of benzene rings is 1. The third kappa shape index (κ3) is 1.99. The number of rotatable bonds is 3. The lowest BCUT2D eigenvalue weighted by Gasteiger charge is -2.03. The highest BCUT2D eigenvalue weighted by Crippen LogP contribution is 2.23. The summed E-state index contributed by atoms with van der Waals surface area (Å²) in [6, 6.07) is 8.67. The molecule has 0 radical (unpaired) electrons. The first kappa shape index (κ1) is 9.73. The van der Waals surface area contributed by atoms with Crippen molar-refractivity contribution in [3.8, 4) is 0 Å². The van der Waals surface area contributed by atoms with Gasteiger partial charge in [0.25, 0.3) is 0 Å². The molecule has 2 rings (SSSR count). The van der Waals surface area contributed by atoms with Crippen molar-refractivity contribution >= 4 is 16.9 Å². The van der Waals surface area contributed by atoms with Crippen LogP contribution in [0, 0.1) is 0 Å². The summed E-state index contributed by atoms with van der Waals surface area (Å²) in [5.74, 6) is -0.415. The van der Waals surface area contributed by atoms with Crippen molar-refractivity contribution in [1.29, 1.82) is 0 Å². The van der Waals surface area contributed by atoms with Gasteiger partial charge in [0.1, 0.15) is 11.3 Å². The standard InChI is InChI=1S/C11H11NO3/c12-8(6-11(13)14)10-5-7-3-1-2-4-9(7)15-10/h1-5,8H,6,12H2,(H,13,14)/t8-/m0/s1. The average Bonchev–Trinajstić information content (AvgIpc) is 2.59. The van der Waals surface area contributed by atoms with Crippen molar-refractivity contribution in [3.63, 3.8) is 0 Å². The lowest BCUT2D eigenvalue weighted by atomic mass is 10.1. The number of nitrogens with two attached hydrogens (primary N) is 1. The summed E-state index contributed by atoms with van der Waals surface area (Å²) in [5.41, 5.74) is 6.42. The number of hydrogen-bond donors (Lipinski definition) is 2. The zero-order chi connectivity index (χ0) is 10.8. The molecular weight excluding hydrogens is 194 g/mol. The molecule has 0 unspecified atom stereocenters. The van der Waals surface area contributed by atoms with Crippen LogP contribution in [0.1, 0.15) is 18.2 Å². The summed E-state index contributed by atoms with van der Waals surface area (Å²) >= 11 is 0. The monoisotopic (exact) mass is 205 g/mol. The van der Waals surface area contributed by atoms with Crippen molar-refractivity contribution in [2.75, 3.05) is 0 Å². The highest BCUT2D eigenvalue weighted by Gasteiger charge is 2.14. The van der Waals surface area contributed by atoms with Gasteiger partial charge < -0.3 is 15.3 Å². The van der Waals surface area contributed by atoms with E-state index in [2.05, 4.69) is 0 Å². The summed E-state index contributed by atoms with van der Waals surface area (Å²) in [7, 11) is 0. The van der Waals surface area contributed by atoms with Gasteiger partial charge in [-0.15, -0.1) is 0 Å². The van der Waals surface area contributed by atoms with Crippen LogP contribution in [0.4, 0.5) is 0 Å². The second kappa shape index (κ2) is 3.74. The first-order valence-corrected chi connectivity index (χ1v) is 4.62. The van der Waals surface area contributed by atoms with E-state index in [1.807, 2.05) is 24.3 Å². The molecule has 4 heteroatoms. The van der Waals surface area contributed by atoms with Gasteiger partial charge in [0.05, 0.1) is 12.5 Å². The molecule has 0 saturated carbocycles. The largest absolute Gasteiger partial charge is 0.481 e. The first-order valence-electron chi connectivity index (χ1n) is 4.62. The Morgan fingerprint density at radius 2 is 2.20 bits per heavy atom. The fourth-order valence-electron chi connectivity index (χ4n) is 1.47. The lowest BCUT2D eigenvalue weighted by molar-refractivity contribution is -0.137.